The van der Waals surface area contributed by atoms with Crippen LogP contribution >= 0.6 is 0 Å². The van der Waals surface area contributed by atoms with E-state index in [0.717, 1.165) is 0 Å². The van der Waals surface area contributed by atoms with Gasteiger partial charge in [0.25, 0.3) is 0 Å². The second-order valence-corrected chi connectivity index (χ2v) is 2.85. The number of nitrogens with zero attached hydrogens (tertiary/aromatic N) is 4. The van der Waals surface area contributed by atoms with Gasteiger partial charge >= 0.3 is 0 Å². The molecule has 0 radical (unpaired) electrons. The number of anilines is 1. The first-order valence-electron chi connectivity index (χ1n) is 5.29. The van der Waals surface area contributed by atoms with Crippen molar-refractivity contribution < 1.29 is 4.74 Å². The van der Waals surface area contributed by atoms with Crippen LogP contribution in [-0.4, -0.2) is 26.1 Å². The van der Waals surface area contributed by atoms with Crippen LogP contribution in [0.3, 0.4) is 0 Å². The molecular formula is C10H17N5O. The Kier molecular flexibility index (Phi) is 4.04. The van der Waals surface area contributed by atoms with Crippen molar-refractivity contribution in [1.29, 1.82) is 0 Å². The summed E-state index contributed by atoms with van der Waals surface area (Å²) in [6, 6.07) is 0. The van der Waals surface area contributed by atoms with E-state index in [-0.39, 0.29) is 5.95 Å². The molecule has 0 saturated carbocycles. The molecule has 2 aromatic heterocycles. The zero-order valence-electron chi connectivity index (χ0n) is 10.1. The molecule has 0 aliphatic heterocycles. The molecule has 0 amide bonds. The van der Waals surface area contributed by atoms with Gasteiger partial charge in [-0.25, -0.2) is 4.98 Å². The highest BCUT2D eigenvalue weighted by atomic mass is 16.5. The van der Waals surface area contributed by atoms with E-state index >= 15 is 0 Å². The zero-order chi connectivity index (χ0) is 12.1. The fourth-order valence-corrected chi connectivity index (χ4v) is 1.23. The first-order valence-corrected chi connectivity index (χ1v) is 5.29. The number of hydrogen-bond donors (Lipinski definition) is 1. The molecule has 0 atom stereocenters. The average Bonchev–Trinajstić information content (AvgIpc) is 2.64. The molecule has 6 heteroatoms. The maximum atomic E-state index is 5.54. The summed E-state index contributed by atoms with van der Waals surface area (Å²) >= 11 is 0. The molecule has 0 aliphatic rings. The van der Waals surface area contributed by atoms with E-state index in [1.807, 2.05) is 27.8 Å². The second kappa shape index (κ2) is 5.29. The summed E-state index contributed by atoms with van der Waals surface area (Å²) in [6.45, 7) is 6.41. The fourth-order valence-electron chi connectivity index (χ4n) is 1.23. The molecule has 0 bridgehead atoms. The summed E-state index contributed by atoms with van der Waals surface area (Å²) in [4.78, 5) is 12.2. The summed E-state index contributed by atoms with van der Waals surface area (Å²) in [5.41, 5.74) is 6.86. The van der Waals surface area contributed by atoms with Crippen molar-refractivity contribution in [3.8, 4) is 5.88 Å². The average molecular weight is 223 g/mol. The Labute approximate surface area is 94.5 Å². The number of aromatic nitrogens is 4. The number of imidazole rings is 1. The molecular weight excluding hydrogens is 206 g/mol. The van der Waals surface area contributed by atoms with E-state index in [0.29, 0.717) is 23.7 Å². The van der Waals surface area contributed by atoms with Gasteiger partial charge in [0.2, 0.25) is 11.8 Å². The summed E-state index contributed by atoms with van der Waals surface area (Å²) in [7, 11) is 1.84. The van der Waals surface area contributed by atoms with Crippen molar-refractivity contribution in [3.05, 3.63) is 6.33 Å². The smallest absolute Gasteiger partial charge is 0.247 e. The van der Waals surface area contributed by atoms with Gasteiger partial charge in [-0.15, -0.1) is 0 Å². The van der Waals surface area contributed by atoms with Crippen molar-refractivity contribution in [1.82, 2.24) is 19.5 Å². The molecule has 0 fully saturated rings. The number of nitrogens with two attached hydrogens (primary N) is 1. The Morgan fingerprint density at radius 2 is 2.06 bits per heavy atom. The lowest BCUT2D eigenvalue weighted by Gasteiger charge is -2.03. The number of nitrogen functional groups attached to an aromatic ring is 1. The van der Waals surface area contributed by atoms with Crippen molar-refractivity contribution in [2.75, 3.05) is 12.3 Å². The molecule has 2 N–H and O–H groups in total. The van der Waals surface area contributed by atoms with E-state index < -0.39 is 0 Å². The Bertz CT molecular complexity index is 465. The topological polar surface area (TPSA) is 78.8 Å². The van der Waals surface area contributed by atoms with Gasteiger partial charge in [-0.3, -0.25) is 0 Å². The standard InChI is InChI=1S/C8H11N5O.C2H6/c1-3-14-7-5-6(11-8(9)12-7)13(2)4-10-5;1-2/h4H,3H2,1-2H3,(H2,9,11,12);1-2H3. The summed E-state index contributed by atoms with van der Waals surface area (Å²) < 4.78 is 7.08. The van der Waals surface area contributed by atoms with Crippen LogP contribution in [0.4, 0.5) is 5.95 Å². The van der Waals surface area contributed by atoms with Crippen LogP contribution in [0.15, 0.2) is 6.33 Å². The Balaban J connectivity index is 0.000000606. The number of ether oxygens (including phenoxy) is 1. The van der Waals surface area contributed by atoms with E-state index in [1.54, 1.807) is 10.9 Å². The van der Waals surface area contributed by atoms with Crippen molar-refractivity contribution in [2.24, 2.45) is 7.05 Å². The van der Waals surface area contributed by atoms with E-state index in [2.05, 4.69) is 15.0 Å². The molecule has 0 spiro atoms. The quantitative estimate of drug-likeness (QED) is 0.831. The zero-order valence-corrected chi connectivity index (χ0v) is 10.1. The minimum absolute atomic E-state index is 0.199. The second-order valence-electron chi connectivity index (χ2n) is 2.85. The predicted molar refractivity (Wildman–Crippen MR) is 63.2 cm³/mol. The number of aryl methyl sites for hydroxylation is 1. The summed E-state index contributed by atoms with van der Waals surface area (Å²) in [5, 5.41) is 0. The van der Waals surface area contributed by atoms with Gasteiger partial charge in [0.05, 0.1) is 12.9 Å². The minimum atomic E-state index is 0.199. The third kappa shape index (κ3) is 2.21. The van der Waals surface area contributed by atoms with Gasteiger partial charge in [0.15, 0.2) is 11.2 Å². The van der Waals surface area contributed by atoms with Gasteiger partial charge in [0.1, 0.15) is 0 Å². The van der Waals surface area contributed by atoms with E-state index in [1.165, 1.54) is 0 Å². The SMILES string of the molecule is CC.CCOc1nc(N)nc2c1ncn2C. The number of rotatable bonds is 2. The molecule has 6 nitrogen and oxygen atoms in total. The Morgan fingerprint density at radius 3 is 2.69 bits per heavy atom. The number of hydrogen-bond acceptors (Lipinski definition) is 5. The largest absolute Gasteiger partial charge is 0.476 e. The van der Waals surface area contributed by atoms with Crippen LogP contribution in [-0.2, 0) is 7.05 Å². The normalized spacial score (nSPS) is 9.75. The Morgan fingerprint density at radius 1 is 1.38 bits per heavy atom. The van der Waals surface area contributed by atoms with Crippen LogP contribution in [0.2, 0.25) is 0 Å². The number of fused-ring (bicyclic) bond motifs is 1. The Hall–Kier alpha value is -1.85. The van der Waals surface area contributed by atoms with Gasteiger partial charge in [-0.2, -0.15) is 9.97 Å². The highest BCUT2D eigenvalue weighted by Crippen LogP contribution is 2.20. The first kappa shape index (κ1) is 12.2. The maximum absolute atomic E-state index is 5.54. The van der Waals surface area contributed by atoms with Crippen LogP contribution < -0.4 is 10.5 Å². The lowest BCUT2D eigenvalue weighted by molar-refractivity contribution is 0.331. The molecule has 16 heavy (non-hydrogen) atoms. The summed E-state index contributed by atoms with van der Waals surface area (Å²) in [5.74, 6) is 0.639. The van der Waals surface area contributed by atoms with Crippen LogP contribution in [0.1, 0.15) is 20.8 Å². The van der Waals surface area contributed by atoms with Gasteiger partial charge in [-0.1, -0.05) is 13.8 Å². The lowest BCUT2D eigenvalue weighted by Crippen LogP contribution is -2.02. The third-order valence-electron chi connectivity index (χ3n) is 1.83. The van der Waals surface area contributed by atoms with Crippen molar-refractivity contribution in [3.63, 3.8) is 0 Å². The molecule has 0 saturated heterocycles. The highest BCUT2D eigenvalue weighted by molar-refractivity contribution is 5.77. The van der Waals surface area contributed by atoms with Crippen molar-refractivity contribution >= 4 is 17.1 Å². The molecule has 0 aromatic carbocycles. The van der Waals surface area contributed by atoms with Gasteiger partial charge in [0, 0.05) is 7.05 Å². The molecule has 0 unspecified atom stereocenters. The predicted octanol–water partition coefficient (Wildman–Crippen LogP) is 1.37. The van der Waals surface area contributed by atoms with Crippen LogP contribution in [0, 0.1) is 0 Å². The van der Waals surface area contributed by atoms with Gasteiger partial charge in [-0.05, 0) is 6.92 Å². The van der Waals surface area contributed by atoms with Gasteiger partial charge < -0.3 is 15.0 Å². The third-order valence-corrected chi connectivity index (χ3v) is 1.83. The fraction of sp³-hybridized carbons (Fsp3) is 0.500. The first-order chi connectivity index (χ1) is 7.72. The van der Waals surface area contributed by atoms with E-state index in [9.17, 15) is 0 Å². The molecule has 2 heterocycles. The van der Waals surface area contributed by atoms with E-state index in [4.69, 9.17) is 10.5 Å². The molecule has 88 valence electrons. The lowest BCUT2D eigenvalue weighted by atomic mass is 10.5. The van der Waals surface area contributed by atoms with Crippen LogP contribution in [0.25, 0.3) is 11.2 Å². The highest BCUT2D eigenvalue weighted by Gasteiger charge is 2.10. The summed E-state index contributed by atoms with van der Waals surface area (Å²) in [6.07, 6.45) is 1.65. The monoisotopic (exact) mass is 223 g/mol. The van der Waals surface area contributed by atoms with Crippen LogP contribution in [0.5, 0.6) is 5.88 Å². The minimum Gasteiger partial charge on any atom is -0.476 e. The molecule has 2 aromatic rings. The maximum Gasteiger partial charge on any atom is 0.247 e. The molecule has 2 rings (SSSR count). The van der Waals surface area contributed by atoms with Crippen molar-refractivity contribution in [2.45, 2.75) is 20.8 Å². The molecule has 0 aliphatic carbocycles.